The van der Waals surface area contributed by atoms with E-state index in [1.54, 1.807) is 13.3 Å². The van der Waals surface area contributed by atoms with Gasteiger partial charge in [-0.05, 0) is 30.5 Å². The highest BCUT2D eigenvalue weighted by Gasteiger charge is 2.11. The van der Waals surface area contributed by atoms with Crippen molar-refractivity contribution < 1.29 is 13.9 Å². The molecule has 1 aromatic carbocycles. The van der Waals surface area contributed by atoms with Gasteiger partial charge in [0.15, 0.2) is 0 Å². The third-order valence-corrected chi connectivity index (χ3v) is 2.98. The smallest absolute Gasteiger partial charge is 0.242 e. The molecule has 0 radical (unpaired) electrons. The maximum absolute atomic E-state index is 11.6. The van der Waals surface area contributed by atoms with Crippen molar-refractivity contribution in [1.29, 1.82) is 0 Å². The Bertz CT molecular complexity index is 448. The number of benzene rings is 1. The highest BCUT2D eigenvalue weighted by Crippen LogP contribution is 2.40. The lowest BCUT2D eigenvalue weighted by Crippen LogP contribution is -2.01. The zero-order chi connectivity index (χ0) is 13.1. The van der Waals surface area contributed by atoms with Crippen LogP contribution in [0.3, 0.4) is 0 Å². The minimum atomic E-state index is -2.52. The molecule has 0 fully saturated rings. The van der Waals surface area contributed by atoms with Crippen LogP contribution in [0.2, 0.25) is 0 Å². The summed E-state index contributed by atoms with van der Waals surface area (Å²) in [5.74, 6) is 0.672. The average Bonchev–Trinajstić information content (AvgIpc) is 2.20. The van der Waals surface area contributed by atoms with Crippen LogP contribution in [0.25, 0.3) is 0 Å². The molecule has 1 rings (SSSR count). The van der Waals surface area contributed by atoms with Crippen molar-refractivity contribution in [1.82, 2.24) is 0 Å². The van der Waals surface area contributed by atoms with Gasteiger partial charge in [0.1, 0.15) is 12.0 Å². The van der Waals surface area contributed by atoms with Crippen LogP contribution in [0.1, 0.15) is 18.1 Å². The third kappa shape index (κ3) is 4.74. The molecule has 0 aromatic heterocycles. The molecular formula is C13H19O3P. The Balaban J connectivity index is 2.86. The van der Waals surface area contributed by atoms with Crippen molar-refractivity contribution in [2.75, 3.05) is 13.3 Å². The molecule has 0 spiro atoms. The molecule has 0 amide bonds. The SMILES string of the molecule is Cc1cc(CC(C)C=O)ccc1OP(C)(C)=O. The summed E-state index contributed by atoms with van der Waals surface area (Å²) in [6, 6.07) is 5.71. The van der Waals surface area contributed by atoms with Crippen LogP contribution in [0.15, 0.2) is 18.2 Å². The molecule has 0 aliphatic heterocycles. The zero-order valence-corrected chi connectivity index (χ0v) is 11.7. The van der Waals surface area contributed by atoms with Crippen LogP contribution < -0.4 is 4.52 Å². The Morgan fingerprint density at radius 1 is 1.41 bits per heavy atom. The van der Waals surface area contributed by atoms with Crippen LogP contribution in [-0.4, -0.2) is 19.6 Å². The maximum atomic E-state index is 11.6. The lowest BCUT2D eigenvalue weighted by Gasteiger charge is -2.14. The fourth-order valence-electron chi connectivity index (χ4n) is 1.60. The van der Waals surface area contributed by atoms with Gasteiger partial charge in [-0.15, -0.1) is 0 Å². The van der Waals surface area contributed by atoms with E-state index in [1.165, 1.54) is 0 Å². The zero-order valence-electron chi connectivity index (χ0n) is 10.8. The molecule has 94 valence electrons. The maximum Gasteiger partial charge on any atom is 0.242 e. The molecule has 4 heteroatoms. The molecule has 3 nitrogen and oxygen atoms in total. The Morgan fingerprint density at radius 2 is 2.06 bits per heavy atom. The molecule has 0 saturated heterocycles. The van der Waals surface area contributed by atoms with E-state index in [2.05, 4.69) is 0 Å². The largest absolute Gasteiger partial charge is 0.443 e. The summed E-state index contributed by atoms with van der Waals surface area (Å²) in [7, 11) is -2.52. The van der Waals surface area contributed by atoms with Crippen LogP contribution in [-0.2, 0) is 15.8 Å². The summed E-state index contributed by atoms with van der Waals surface area (Å²) in [5.41, 5.74) is 2.04. The normalized spacial score (nSPS) is 13.2. The second-order valence-electron chi connectivity index (χ2n) is 4.76. The summed E-state index contributed by atoms with van der Waals surface area (Å²) in [5, 5.41) is 0. The van der Waals surface area contributed by atoms with Crippen molar-refractivity contribution in [3.63, 3.8) is 0 Å². The second kappa shape index (κ2) is 5.50. The monoisotopic (exact) mass is 254 g/mol. The number of hydrogen-bond donors (Lipinski definition) is 0. The Kier molecular flexibility index (Phi) is 4.53. The van der Waals surface area contributed by atoms with Crippen molar-refractivity contribution in [3.8, 4) is 5.75 Å². The molecule has 0 aliphatic carbocycles. The summed E-state index contributed by atoms with van der Waals surface area (Å²) < 4.78 is 17.0. The molecule has 0 aliphatic rings. The second-order valence-corrected chi connectivity index (χ2v) is 7.45. The van der Waals surface area contributed by atoms with E-state index < -0.39 is 7.37 Å². The highest BCUT2D eigenvalue weighted by atomic mass is 31.2. The standard InChI is InChI=1S/C13H19O3P/c1-10(9-14)7-12-5-6-13(11(2)8-12)16-17(3,4)15/h5-6,8-10H,7H2,1-4H3. The first-order valence-corrected chi connectivity index (χ1v) is 8.13. The number of aryl methyl sites for hydroxylation is 1. The van der Waals surface area contributed by atoms with E-state index in [4.69, 9.17) is 4.52 Å². The van der Waals surface area contributed by atoms with E-state index in [0.29, 0.717) is 5.75 Å². The van der Waals surface area contributed by atoms with Gasteiger partial charge in [0.05, 0.1) is 0 Å². The van der Waals surface area contributed by atoms with E-state index >= 15 is 0 Å². The quantitative estimate of drug-likeness (QED) is 0.598. The predicted octanol–water partition coefficient (Wildman–Crippen LogP) is 3.29. The van der Waals surface area contributed by atoms with Gasteiger partial charge in [0.25, 0.3) is 0 Å². The summed E-state index contributed by atoms with van der Waals surface area (Å²) in [6.07, 6.45) is 1.67. The van der Waals surface area contributed by atoms with Gasteiger partial charge in [0.2, 0.25) is 7.37 Å². The van der Waals surface area contributed by atoms with Gasteiger partial charge in [-0.25, -0.2) is 0 Å². The first-order valence-electron chi connectivity index (χ1n) is 5.61. The van der Waals surface area contributed by atoms with Gasteiger partial charge in [-0.2, -0.15) is 0 Å². The third-order valence-electron chi connectivity index (χ3n) is 2.35. The van der Waals surface area contributed by atoms with Gasteiger partial charge in [-0.3, -0.25) is 4.57 Å². The van der Waals surface area contributed by atoms with Gasteiger partial charge in [0, 0.05) is 19.2 Å². The number of aldehydes is 1. The van der Waals surface area contributed by atoms with Gasteiger partial charge < -0.3 is 9.32 Å². The molecule has 1 unspecified atom stereocenters. The molecule has 0 saturated carbocycles. The Hall–Kier alpha value is -1.08. The van der Waals surface area contributed by atoms with E-state index in [0.717, 1.165) is 23.8 Å². The van der Waals surface area contributed by atoms with Crippen LogP contribution in [0.4, 0.5) is 0 Å². The first-order chi connectivity index (χ1) is 7.81. The number of rotatable bonds is 5. The lowest BCUT2D eigenvalue weighted by molar-refractivity contribution is -0.110. The molecule has 0 N–H and O–H groups in total. The topological polar surface area (TPSA) is 43.4 Å². The van der Waals surface area contributed by atoms with Crippen LogP contribution >= 0.6 is 7.37 Å². The fourth-order valence-corrected chi connectivity index (χ4v) is 2.28. The van der Waals surface area contributed by atoms with Crippen LogP contribution in [0.5, 0.6) is 5.75 Å². The average molecular weight is 254 g/mol. The molecule has 17 heavy (non-hydrogen) atoms. The van der Waals surface area contributed by atoms with Crippen molar-refractivity contribution in [2.24, 2.45) is 5.92 Å². The summed E-state index contributed by atoms with van der Waals surface area (Å²) in [6.45, 7) is 6.99. The molecular weight excluding hydrogens is 235 g/mol. The minimum Gasteiger partial charge on any atom is -0.443 e. The molecule has 0 heterocycles. The number of carbonyl (C=O) groups excluding carboxylic acids is 1. The fraction of sp³-hybridized carbons (Fsp3) is 0.462. The lowest BCUT2D eigenvalue weighted by atomic mass is 10.0. The summed E-state index contributed by atoms with van der Waals surface area (Å²) >= 11 is 0. The van der Waals surface area contributed by atoms with E-state index in [9.17, 15) is 9.36 Å². The number of carbonyl (C=O) groups is 1. The Morgan fingerprint density at radius 3 is 2.53 bits per heavy atom. The minimum absolute atomic E-state index is 0.0182. The highest BCUT2D eigenvalue weighted by molar-refractivity contribution is 7.57. The first kappa shape index (κ1) is 14.0. The van der Waals surface area contributed by atoms with Gasteiger partial charge >= 0.3 is 0 Å². The van der Waals surface area contributed by atoms with Crippen molar-refractivity contribution in [3.05, 3.63) is 29.3 Å². The van der Waals surface area contributed by atoms with E-state index in [-0.39, 0.29) is 5.92 Å². The number of hydrogen-bond acceptors (Lipinski definition) is 3. The summed E-state index contributed by atoms with van der Waals surface area (Å²) in [4.78, 5) is 10.6. The predicted molar refractivity (Wildman–Crippen MR) is 70.2 cm³/mol. The Labute approximate surface area is 103 Å². The van der Waals surface area contributed by atoms with Gasteiger partial charge in [-0.1, -0.05) is 19.1 Å². The van der Waals surface area contributed by atoms with Crippen molar-refractivity contribution in [2.45, 2.75) is 20.3 Å². The van der Waals surface area contributed by atoms with E-state index in [1.807, 2.05) is 32.0 Å². The van der Waals surface area contributed by atoms with Crippen LogP contribution in [0, 0.1) is 12.8 Å². The molecule has 1 atom stereocenters. The molecule has 1 aromatic rings. The van der Waals surface area contributed by atoms with Crippen molar-refractivity contribution >= 4 is 13.7 Å². The molecule has 0 bridgehead atoms.